The van der Waals surface area contributed by atoms with E-state index in [-0.39, 0.29) is 40.7 Å². The van der Waals surface area contributed by atoms with E-state index >= 15 is 0 Å². The number of rotatable bonds is 18. The summed E-state index contributed by atoms with van der Waals surface area (Å²) < 4.78 is 53.8. The second-order valence-electron chi connectivity index (χ2n) is 20.4. The molecule has 4 saturated carbocycles. The monoisotopic (exact) mass is 902 g/mol. The molecule has 8 aliphatic rings. The van der Waals surface area contributed by atoms with Gasteiger partial charge < -0.3 is 16.7 Å². The first-order valence-corrected chi connectivity index (χ1v) is 26.3. The molecule has 0 saturated heterocycles. The van der Waals surface area contributed by atoms with E-state index in [1.807, 2.05) is 0 Å². The van der Waals surface area contributed by atoms with Gasteiger partial charge in [0.15, 0.2) is 0 Å². The Kier molecular flexibility index (Phi) is 14.2. The SMILES string of the molecule is [3H][B]SO[C@@H]1CC2=CC=C3C(CC[C@]4(C)C([C@@H](C)CCC#C)=CCC34)[C@@]2(C)[C@@H](OS[B][3H])C1.[3H][B]SO[C@@H]1CC2=CC=C3C(CC[C@]4(C)C([C@@H](C)CCC)=CCC34)[C@@]2(C)[C@@H](OS[B][3H])C1. The molecule has 0 aromatic carbocycles. The average Bonchev–Trinajstić information content (AvgIpc) is 3.85. The Bertz CT molecular complexity index is 1930. The number of terminal acetylenes is 1. The minimum Gasteiger partial charge on any atom is -0.324 e. The number of hydrogen-bond donors (Lipinski definition) is 0. The molecule has 12 heteroatoms. The number of fused-ring (bicyclic) bond motifs is 10. The Morgan fingerprint density at radius 1 is 0.689 bits per heavy atom. The maximum atomic E-state index is 7.50. The van der Waals surface area contributed by atoms with Crippen LogP contribution in [0, 0.1) is 69.5 Å². The van der Waals surface area contributed by atoms with Crippen LogP contribution in [0.25, 0.3) is 0 Å². The molecule has 0 spiro atoms. The highest BCUT2D eigenvalue weighted by atomic mass is 32.2. The normalized spacial score (nSPS) is 41.1. The third-order valence-corrected chi connectivity index (χ3v) is 19.2. The molecule has 4 nitrogen and oxygen atoms in total. The second-order valence-corrected chi connectivity index (χ2v) is 21.9. The van der Waals surface area contributed by atoms with Crippen LogP contribution in [0.15, 0.2) is 69.9 Å². The van der Waals surface area contributed by atoms with Gasteiger partial charge in [-0.25, -0.2) is 0 Å². The van der Waals surface area contributed by atoms with Crippen LogP contribution >= 0.6 is 47.6 Å². The first-order chi connectivity index (χ1) is 31.3. The fourth-order valence-electron chi connectivity index (χ4n) is 14.5. The fraction of sp³-hybridized carbons (Fsp3) is 0.714. The van der Waals surface area contributed by atoms with Gasteiger partial charge in [-0.3, -0.25) is 0 Å². The van der Waals surface area contributed by atoms with Gasteiger partial charge in [0.05, 0.1) is 24.4 Å². The Labute approximate surface area is 397 Å². The number of allylic oxidation sites excluding steroid dienone is 10. The maximum Gasteiger partial charge on any atom is 0.209 e. The van der Waals surface area contributed by atoms with Gasteiger partial charge in [0.1, 0.15) is 0 Å². The van der Waals surface area contributed by atoms with Crippen LogP contribution in [0.2, 0.25) is 0 Å². The van der Waals surface area contributed by atoms with Crippen LogP contribution in [0.3, 0.4) is 0 Å². The molecule has 4 unspecified atom stereocenters. The smallest absolute Gasteiger partial charge is 0.209 e. The van der Waals surface area contributed by atoms with Gasteiger partial charge in [0.25, 0.3) is 0 Å². The summed E-state index contributed by atoms with van der Waals surface area (Å²) in [5.74, 6) is 6.13. The van der Waals surface area contributed by atoms with Gasteiger partial charge in [-0.2, -0.15) is 0 Å². The lowest BCUT2D eigenvalue weighted by atomic mass is 9.49. The molecule has 4 radical (unpaired) electrons. The summed E-state index contributed by atoms with van der Waals surface area (Å²) in [7, 11) is 5.03. The predicted molar refractivity (Wildman–Crippen MR) is 271 cm³/mol. The molecular weight excluding hydrogens is 824 g/mol. The Hall–Kier alpha value is -0.500. The summed E-state index contributed by atoms with van der Waals surface area (Å²) >= 11 is 4.47. The summed E-state index contributed by atoms with van der Waals surface area (Å²) in [5, 5.41) is 0. The van der Waals surface area contributed by atoms with Crippen molar-refractivity contribution >= 4 is 75.9 Å². The molecule has 0 bridgehead atoms. The molecule has 8 aliphatic carbocycles. The summed E-state index contributed by atoms with van der Waals surface area (Å²) in [5.41, 5.74) is 9.71. The molecule has 0 N–H and O–H groups in total. The lowest BCUT2D eigenvalue weighted by Gasteiger charge is -2.57. The van der Waals surface area contributed by atoms with Crippen LogP contribution < -0.4 is 0 Å². The standard InChI is InChI=1S/C25H34B2O2S2.C24H36B2O2S2/c1-5-6-7-16(2)20-10-11-21-19-9-8-17-14-18(28-30-26)15-23(29-31-27)25(17,4)22(19)12-13-24(20,21)3;1-5-6-15(2)19-9-10-20-18-8-7-16-13-17(27-29-25)14-22(28-30-26)24(16,4)21(18)11-12-23(19,20)3/h1,8-10,16,18,21-23,26-27H,6-7,11-15H2,2-4H3;7-9,15,17,20-22,25-26H,5-6,10-14H2,1-4H3/t16-,18+,21?,22?,23-,24+,25-;15-,17+,20?,21?,22-,23+,24-/m00/s1/i26T,27T;25T,26T. The highest BCUT2D eigenvalue weighted by molar-refractivity contribution is 8.16. The Morgan fingerprint density at radius 3 is 1.56 bits per heavy atom. The zero-order valence-corrected chi connectivity index (χ0v) is 41.1. The highest BCUT2D eigenvalue weighted by Crippen LogP contribution is 2.67. The molecule has 0 aromatic heterocycles. The van der Waals surface area contributed by atoms with Gasteiger partial charge >= 0.3 is 0 Å². The largest absolute Gasteiger partial charge is 0.324 e. The minimum atomic E-state index is -0.0888. The van der Waals surface area contributed by atoms with Crippen molar-refractivity contribution in [2.45, 2.75) is 163 Å². The Balaban J connectivity index is 0.000000194. The van der Waals surface area contributed by atoms with Crippen LogP contribution in [0.5, 0.6) is 0 Å². The van der Waals surface area contributed by atoms with Crippen LogP contribution in [0.4, 0.5) is 0 Å². The van der Waals surface area contributed by atoms with E-state index in [0.717, 1.165) is 98.9 Å². The van der Waals surface area contributed by atoms with Gasteiger partial charge in [0.2, 0.25) is 28.4 Å². The third kappa shape index (κ3) is 8.69. The molecule has 8 rings (SSSR count). The quantitative estimate of drug-likeness (QED) is 0.0583. The van der Waals surface area contributed by atoms with Crippen molar-refractivity contribution in [1.82, 2.24) is 0 Å². The first kappa shape index (κ1) is 43.1. The van der Waals surface area contributed by atoms with E-state index in [9.17, 15) is 0 Å². The van der Waals surface area contributed by atoms with Crippen molar-refractivity contribution in [2.75, 3.05) is 0 Å². The summed E-state index contributed by atoms with van der Waals surface area (Å²) in [6, 6.07) is 0. The lowest BCUT2D eigenvalue weighted by molar-refractivity contribution is -0.0153. The molecule has 61 heavy (non-hydrogen) atoms. The lowest BCUT2D eigenvalue weighted by Crippen LogP contribution is -2.52. The van der Waals surface area contributed by atoms with Crippen molar-refractivity contribution in [1.29, 1.82) is 5.34 Å². The first-order valence-electron chi connectivity index (χ1n) is 25.4. The van der Waals surface area contributed by atoms with E-state index in [0.29, 0.717) is 40.9 Å². The van der Waals surface area contributed by atoms with Crippen molar-refractivity contribution in [3.05, 3.63) is 69.9 Å². The van der Waals surface area contributed by atoms with Gasteiger partial charge in [0, 0.05) is 30.1 Å². The van der Waals surface area contributed by atoms with Gasteiger partial charge in [-0.05, 0) is 116 Å². The van der Waals surface area contributed by atoms with Gasteiger partial charge in [-0.15, -0.1) is 12.3 Å². The summed E-state index contributed by atoms with van der Waals surface area (Å²) in [4.78, 5) is 0. The van der Waals surface area contributed by atoms with E-state index < -0.39 is 0 Å². The van der Waals surface area contributed by atoms with Crippen LogP contribution in [-0.4, -0.2) is 58.1 Å². The molecule has 0 heterocycles. The van der Waals surface area contributed by atoms with Crippen LogP contribution in [-0.2, 0) is 16.7 Å². The highest BCUT2D eigenvalue weighted by Gasteiger charge is 2.60. The predicted octanol–water partition coefficient (Wildman–Crippen LogP) is 11.9. The maximum absolute atomic E-state index is 7.50. The summed E-state index contributed by atoms with van der Waals surface area (Å²) in [6.07, 6.45) is 35.1. The average molecular weight is 903 g/mol. The third-order valence-electron chi connectivity index (χ3n) is 17.7. The molecular formula is C49H70B4O4S4. The van der Waals surface area contributed by atoms with Crippen molar-refractivity contribution < 1.29 is 16.7 Å². The van der Waals surface area contributed by atoms with Crippen molar-refractivity contribution in [3.8, 4) is 12.3 Å². The van der Waals surface area contributed by atoms with Crippen molar-refractivity contribution in [3.63, 3.8) is 0 Å². The molecule has 0 amide bonds. The second kappa shape index (κ2) is 20.2. The Morgan fingerprint density at radius 2 is 1.13 bits per heavy atom. The van der Waals surface area contributed by atoms with E-state index in [1.165, 1.54) is 78.0 Å². The molecule has 0 aromatic rings. The van der Waals surface area contributed by atoms with Gasteiger partial charge in [-0.1, -0.05) is 172 Å². The van der Waals surface area contributed by atoms with E-state index in [1.54, 1.807) is 22.3 Å². The molecule has 0 aliphatic heterocycles. The summed E-state index contributed by atoms with van der Waals surface area (Å²) in [6.45, 7) is 16.9. The fourth-order valence-corrected chi connectivity index (χ4v) is 16.0. The van der Waals surface area contributed by atoms with E-state index in [2.05, 4.69) is 90.8 Å². The van der Waals surface area contributed by atoms with Crippen molar-refractivity contribution in [2.24, 2.45) is 57.2 Å². The zero-order valence-electron chi connectivity index (χ0n) is 41.8. The molecule has 14 atom stereocenters. The topological polar surface area (TPSA) is 36.9 Å². The van der Waals surface area contributed by atoms with E-state index in [4.69, 9.17) is 28.5 Å². The molecule has 326 valence electrons. The zero-order chi connectivity index (χ0) is 46.6. The van der Waals surface area contributed by atoms with Crippen LogP contribution in [0.1, 0.15) is 138 Å². The number of hydrogen-bond acceptors (Lipinski definition) is 8. The molecule has 4 fully saturated rings. The minimum absolute atomic E-state index is 0.00339.